The Balaban J connectivity index is 2.57. The summed E-state index contributed by atoms with van der Waals surface area (Å²) in [7, 11) is 0. The molecule has 2 nitrogen and oxygen atoms in total. The molecule has 12 heavy (non-hydrogen) atoms. The predicted molar refractivity (Wildman–Crippen MR) is 52.3 cm³/mol. The molecule has 0 aliphatic heterocycles. The Morgan fingerprint density at radius 1 is 1.58 bits per heavy atom. The Hall–Kier alpha value is -1.31. The molecule has 1 heterocycles. The van der Waals surface area contributed by atoms with Crippen molar-refractivity contribution < 1.29 is 0 Å². The van der Waals surface area contributed by atoms with Gasteiger partial charge in [-0.3, -0.25) is 0 Å². The average Bonchev–Trinajstić information content (AvgIpc) is 2.01. The van der Waals surface area contributed by atoms with Gasteiger partial charge in [-0.05, 0) is 26.0 Å². The van der Waals surface area contributed by atoms with Crippen molar-refractivity contribution in [1.29, 1.82) is 0 Å². The Morgan fingerprint density at radius 3 is 2.92 bits per heavy atom. The highest BCUT2D eigenvalue weighted by molar-refractivity contribution is 5.36. The van der Waals surface area contributed by atoms with Crippen LogP contribution in [0.5, 0.6) is 0 Å². The van der Waals surface area contributed by atoms with Crippen molar-refractivity contribution >= 4 is 5.82 Å². The second-order valence-corrected chi connectivity index (χ2v) is 2.97. The minimum absolute atomic E-state index is 0.788. The topological polar surface area (TPSA) is 24.9 Å². The molecule has 1 aromatic heterocycles. The van der Waals surface area contributed by atoms with Crippen molar-refractivity contribution in [3.63, 3.8) is 0 Å². The normalized spacial score (nSPS) is 9.50. The maximum Gasteiger partial charge on any atom is 0.126 e. The van der Waals surface area contributed by atoms with Crippen LogP contribution in [0, 0.1) is 6.92 Å². The van der Waals surface area contributed by atoms with E-state index < -0.39 is 0 Å². The van der Waals surface area contributed by atoms with E-state index in [1.807, 2.05) is 32.0 Å². The second-order valence-electron chi connectivity index (χ2n) is 2.97. The molecule has 2 heteroatoms. The number of aryl methyl sites for hydroxylation is 1. The molecule has 1 aromatic rings. The van der Waals surface area contributed by atoms with E-state index in [1.165, 1.54) is 0 Å². The first kappa shape index (κ1) is 8.78. The lowest BCUT2D eigenvalue weighted by Crippen LogP contribution is -2.03. The van der Waals surface area contributed by atoms with E-state index in [0.717, 1.165) is 23.6 Å². The molecule has 0 spiro atoms. The van der Waals surface area contributed by atoms with Crippen LogP contribution in [-0.4, -0.2) is 11.5 Å². The Bertz CT molecular complexity index is 279. The summed E-state index contributed by atoms with van der Waals surface area (Å²) >= 11 is 0. The van der Waals surface area contributed by atoms with Crippen LogP contribution >= 0.6 is 0 Å². The molecular formula is C10H14N2. The number of pyridine rings is 1. The number of nitrogens with one attached hydrogen (secondary N) is 1. The van der Waals surface area contributed by atoms with Crippen LogP contribution in [0.3, 0.4) is 0 Å². The Labute approximate surface area is 73.3 Å². The van der Waals surface area contributed by atoms with Gasteiger partial charge in [-0.25, -0.2) is 4.98 Å². The lowest BCUT2D eigenvalue weighted by atomic mass is 10.3. The van der Waals surface area contributed by atoms with Gasteiger partial charge in [0.05, 0.1) is 0 Å². The van der Waals surface area contributed by atoms with Gasteiger partial charge in [0.1, 0.15) is 5.82 Å². The largest absolute Gasteiger partial charge is 0.366 e. The molecule has 1 rings (SSSR count). The summed E-state index contributed by atoms with van der Waals surface area (Å²) in [6.07, 6.45) is 0. The third-order valence-electron chi connectivity index (χ3n) is 1.46. The summed E-state index contributed by atoms with van der Waals surface area (Å²) in [6.45, 7) is 8.56. The van der Waals surface area contributed by atoms with Gasteiger partial charge in [-0.15, -0.1) is 0 Å². The molecule has 0 unspecified atom stereocenters. The molecule has 0 amide bonds. The van der Waals surface area contributed by atoms with Crippen LogP contribution in [0.4, 0.5) is 5.82 Å². The fourth-order valence-corrected chi connectivity index (χ4v) is 0.883. The molecule has 0 radical (unpaired) electrons. The lowest BCUT2D eigenvalue weighted by Gasteiger charge is -2.04. The van der Waals surface area contributed by atoms with Gasteiger partial charge in [0.2, 0.25) is 0 Å². The van der Waals surface area contributed by atoms with Crippen LogP contribution in [0.1, 0.15) is 12.6 Å². The van der Waals surface area contributed by atoms with E-state index in [2.05, 4.69) is 16.9 Å². The number of hydrogen-bond donors (Lipinski definition) is 1. The standard InChI is InChI=1S/C10H14N2/c1-8(2)7-11-10-6-4-5-9(3)12-10/h4-6H,1,7H2,2-3H3,(H,11,12). The van der Waals surface area contributed by atoms with Gasteiger partial charge in [-0.2, -0.15) is 0 Å². The molecular weight excluding hydrogens is 148 g/mol. The number of hydrogen-bond acceptors (Lipinski definition) is 2. The number of rotatable bonds is 3. The van der Waals surface area contributed by atoms with Crippen molar-refractivity contribution in [3.05, 3.63) is 36.0 Å². The van der Waals surface area contributed by atoms with E-state index in [0.29, 0.717) is 0 Å². The monoisotopic (exact) mass is 162 g/mol. The van der Waals surface area contributed by atoms with Crippen molar-refractivity contribution in [2.75, 3.05) is 11.9 Å². The first-order valence-electron chi connectivity index (χ1n) is 4.00. The molecule has 0 saturated heterocycles. The third-order valence-corrected chi connectivity index (χ3v) is 1.46. The maximum atomic E-state index is 4.29. The number of aromatic nitrogens is 1. The summed E-state index contributed by atoms with van der Waals surface area (Å²) in [5, 5.41) is 3.17. The highest BCUT2D eigenvalue weighted by Crippen LogP contribution is 2.03. The Kier molecular flexibility index (Phi) is 2.86. The second kappa shape index (κ2) is 3.90. The number of anilines is 1. The SMILES string of the molecule is C=C(C)CNc1cccc(C)n1. The fraction of sp³-hybridized carbons (Fsp3) is 0.300. The zero-order valence-corrected chi connectivity index (χ0v) is 7.59. The van der Waals surface area contributed by atoms with Crippen molar-refractivity contribution in [2.24, 2.45) is 0 Å². The summed E-state index contributed by atoms with van der Waals surface area (Å²) in [4.78, 5) is 4.29. The van der Waals surface area contributed by atoms with Crippen molar-refractivity contribution in [3.8, 4) is 0 Å². The molecule has 0 fully saturated rings. The first-order valence-corrected chi connectivity index (χ1v) is 4.00. The van der Waals surface area contributed by atoms with Crippen LogP contribution in [0.15, 0.2) is 30.4 Å². The zero-order valence-electron chi connectivity index (χ0n) is 7.59. The summed E-state index contributed by atoms with van der Waals surface area (Å²) in [6, 6.07) is 5.92. The molecule has 1 N–H and O–H groups in total. The van der Waals surface area contributed by atoms with E-state index in [4.69, 9.17) is 0 Å². The molecule has 0 aromatic carbocycles. The van der Waals surface area contributed by atoms with Crippen LogP contribution in [0.25, 0.3) is 0 Å². The smallest absolute Gasteiger partial charge is 0.126 e. The summed E-state index contributed by atoms with van der Waals surface area (Å²) < 4.78 is 0. The summed E-state index contributed by atoms with van der Waals surface area (Å²) in [5.41, 5.74) is 2.14. The summed E-state index contributed by atoms with van der Waals surface area (Å²) in [5.74, 6) is 0.915. The fourth-order valence-electron chi connectivity index (χ4n) is 0.883. The average molecular weight is 162 g/mol. The third kappa shape index (κ3) is 2.74. The quantitative estimate of drug-likeness (QED) is 0.690. The first-order chi connectivity index (χ1) is 5.68. The molecule has 0 aliphatic carbocycles. The van der Waals surface area contributed by atoms with Crippen LogP contribution < -0.4 is 5.32 Å². The van der Waals surface area contributed by atoms with Gasteiger partial charge in [-0.1, -0.05) is 18.2 Å². The van der Waals surface area contributed by atoms with E-state index in [1.54, 1.807) is 0 Å². The van der Waals surface area contributed by atoms with Crippen LogP contribution in [0.2, 0.25) is 0 Å². The minimum atomic E-state index is 0.788. The van der Waals surface area contributed by atoms with Crippen molar-refractivity contribution in [1.82, 2.24) is 4.98 Å². The Morgan fingerprint density at radius 2 is 2.33 bits per heavy atom. The van der Waals surface area contributed by atoms with Gasteiger partial charge >= 0.3 is 0 Å². The van der Waals surface area contributed by atoms with E-state index in [-0.39, 0.29) is 0 Å². The molecule has 0 bridgehead atoms. The maximum absolute atomic E-state index is 4.29. The van der Waals surface area contributed by atoms with Gasteiger partial charge in [0.25, 0.3) is 0 Å². The molecule has 64 valence electrons. The lowest BCUT2D eigenvalue weighted by molar-refractivity contribution is 1.13. The van der Waals surface area contributed by atoms with Crippen LogP contribution in [-0.2, 0) is 0 Å². The number of nitrogens with zero attached hydrogens (tertiary/aromatic N) is 1. The zero-order chi connectivity index (χ0) is 8.97. The minimum Gasteiger partial charge on any atom is -0.366 e. The van der Waals surface area contributed by atoms with E-state index >= 15 is 0 Å². The van der Waals surface area contributed by atoms with Crippen molar-refractivity contribution in [2.45, 2.75) is 13.8 Å². The van der Waals surface area contributed by atoms with Gasteiger partial charge in [0, 0.05) is 12.2 Å². The molecule has 0 saturated carbocycles. The molecule has 0 aliphatic rings. The van der Waals surface area contributed by atoms with E-state index in [9.17, 15) is 0 Å². The highest BCUT2D eigenvalue weighted by Gasteiger charge is 1.91. The predicted octanol–water partition coefficient (Wildman–Crippen LogP) is 2.38. The molecule has 0 atom stereocenters. The van der Waals surface area contributed by atoms with Gasteiger partial charge < -0.3 is 5.32 Å². The highest BCUT2D eigenvalue weighted by atomic mass is 15.0. The van der Waals surface area contributed by atoms with Gasteiger partial charge in [0.15, 0.2) is 0 Å².